The second-order valence-corrected chi connectivity index (χ2v) is 6.64. The Hall–Kier alpha value is -2.62. The van der Waals surface area contributed by atoms with Gasteiger partial charge in [-0.3, -0.25) is 9.59 Å². The molecule has 1 aliphatic rings. The second kappa shape index (κ2) is 8.65. The molecule has 0 radical (unpaired) electrons. The van der Waals surface area contributed by atoms with Crippen LogP contribution in [0.5, 0.6) is 5.75 Å². The van der Waals surface area contributed by atoms with E-state index in [0.29, 0.717) is 25.9 Å². The summed E-state index contributed by atoms with van der Waals surface area (Å²) >= 11 is 0. The summed E-state index contributed by atoms with van der Waals surface area (Å²) in [5.74, 6) is 0.952. The summed E-state index contributed by atoms with van der Waals surface area (Å²) in [6.45, 7) is 3.34. The molecule has 2 aromatic rings. The van der Waals surface area contributed by atoms with Gasteiger partial charge in [0, 0.05) is 24.6 Å². The van der Waals surface area contributed by atoms with Crippen LogP contribution in [0, 0.1) is 5.92 Å². The van der Waals surface area contributed by atoms with Crippen molar-refractivity contribution < 1.29 is 14.3 Å². The van der Waals surface area contributed by atoms with E-state index in [9.17, 15) is 9.59 Å². The molecule has 0 aromatic heterocycles. The van der Waals surface area contributed by atoms with Gasteiger partial charge in [-0.2, -0.15) is 0 Å². The lowest BCUT2D eigenvalue weighted by atomic mass is 9.89. The molecule has 1 heterocycles. The summed E-state index contributed by atoms with van der Waals surface area (Å²) in [5, 5.41) is 0. The highest BCUT2D eigenvalue weighted by molar-refractivity contribution is 5.98. The highest BCUT2D eigenvalue weighted by atomic mass is 16.5. The zero-order chi connectivity index (χ0) is 18.4. The van der Waals surface area contributed by atoms with E-state index in [1.165, 1.54) is 0 Å². The molecular weight excluding hydrogens is 326 g/mol. The van der Waals surface area contributed by atoms with E-state index < -0.39 is 0 Å². The number of amides is 1. The minimum Gasteiger partial charge on any atom is -0.483 e. The van der Waals surface area contributed by atoms with Crippen molar-refractivity contribution in [1.82, 2.24) is 4.90 Å². The van der Waals surface area contributed by atoms with Crippen molar-refractivity contribution in [3.63, 3.8) is 0 Å². The van der Waals surface area contributed by atoms with Crippen LogP contribution in [0.25, 0.3) is 0 Å². The molecule has 0 aliphatic carbocycles. The maximum absolute atomic E-state index is 12.5. The van der Waals surface area contributed by atoms with Crippen molar-refractivity contribution >= 4 is 11.7 Å². The van der Waals surface area contributed by atoms with Crippen LogP contribution in [-0.4, -0.2) is 36.3 Å². The summed E-state index contributed by atoms with van der Waals surface area (Å²) in [6.07, 6.45) is 2.30. The number of para-hydroxylation sites is 1. The van der Waals surface area contributed by atoms with E-state index in [1.807, 2.05) is 59.5 Å². The fourth-order valence-corrected chi connectivity index (χ4v) is 3.40. The fraction of sp³-hybridized carbons (Fsp3) is 0.364. The third-order valence-electron chi connectivity index (χ3n) is 4.98. The molecule has 1 saturated heterocycles. The first-order chi connectivity index (χ1) is 12.7. The highest BCUT2D eigenvalue weighted by Gasteiger charge is 2.28. The van der Waals surface area contributed by atoms with Crippen molar-refractivity contribution in [2.24, 2.45) is 5.92 Å². The number of ether oxygens (including phenoxy) is 1. The molecule has 136 valence electrons. The third-order valence-corrected chi connectivity index (χ3v) is 4.98. The van der Waals surface area contributed by atoms with Crippen molar-refractivity contribution in [1.29, 1.82) is 0 Å². The van der Waals surface area contributed by atoms with Gasteiger partial charge in [-0.15, -0.1) is 0 Å². The smallest absolute Gasteiger partial charge is 0.260 e. The number of carbonyl (C=O) groups excluding carboxylic acids is 2. The molecule has 0 saturated carbocycles. The predicted octanol–water partition coefficient (Wildman–Crippen LogP) is 3.75. The second-order valence-electron chi connectivity index (χ2n) is 6.64. The topological polar surface area (TPSA) is 46.6 Å². The molecule has 0 N–H and O–H groups in total. The van der Waals surface area contributed by atoms with E-state index in [4.69, 9.17) is 4.74 Å². The van der Waals surface area contributed by atoms with E-state index in [-0.39, 0.29) is 24.2 Å². The molecule has 0 unspecified atom stereocenters. The number of aryl methyl sites for hydroxylation is 1. The van der Waals surface area contributed by atoms with E-state index in [1.54, 1.807) is 0 Å². The molecule has 4 nitrogen and oxygen atoms in total. The number of ketones is 1. The summed E-state index contributed by atoms with van der Waals surface area (Å²) in [5.41, 5.74) is 1.87. The number of Topliss-reactive ketones (excluding diaryl/α,β-unsaturated/α-hetero) is 1. The summed E-state index contributed by atoms with van der Waals surface area (Å²) in [7, 11) is 0. The lowest BCUT2D eigenvalue weighted by Gasteiger charge is -2.31. The SMILES string of the molecule is CCc1ccccc1OCC(=O)N1CCC(C(=O)c2ccccc2)CC1. The van der Waals surface area contributed by atoms with Crippen LogP contribution in [0.1, 0.15) is 35.7 Å². The highest BCUT2D eigenvalue weighted by Crippen LogP contribution is 2.22. The van der Waals surface area contributed by atoms with E-state index >= 15 is 0 Å². The number of likely N-dealkylation sites (tertiary alicyclic amines) is 1. The van der Waals surface area contributed by atoms with Crippen LogP contribution in [-0.2, 0) is 11.2 Å². The van der Waals surface area contributed by atoms with Gasteiger partial charge < -0.3 is 9.64 Å². The number of carbonyl (C=O) groups is 2. The summed E-state index contributed by atoms with van der Waals surface area (Å²) in [6, 6.07) is 17.2. The number of nitrogens with zero attached hydrogens (tertiary/aromatic N) is 1. The molecule has 3 rings (SSSR count). The Morgan fingerprint density at radius 1 is 1.00 bits per heavy atom. The third kappa shape index (κ3) is 4.31. The van der Waals surface area contributed by atoms with E-state index in [0.717, 1.165) is 23.3 Å². The van der Waals surface area contributed by atoms with Gasteiger partial charge in [0.2, 0.25) is 0 Å². The first-order valence-corrected chi connectivity index (χ1v) is 9.26. The van der Waals surface area contributed by atoms with E-state index in [2.05, 4.69) is 6.92 Å². The zero-order valence-corrected chi connectivity index (χ0v) is 15.2. The molecule has 1 aliphatic heterocycles. The molecule has 2 aromatic carbocycles. The molecule has 26 heavy (non-hydrogen) atoms. The molecule has 0 bridgehead atoms. The van der Waals surface area contributed by atoms with Crippen LogP contribution in [0.2, 0.25) is 0 Å². The van der Waals surface area contributed by atoms with Gasteiger partial charge in [-0.05, 0) is 30.9 Å². The Balaban J connectivity index is 1.50. The Labute approximate surface area is 154 Å². The van der Waals surface area contributed by atoms with Crippen molar-refractivity contribution in [3.05, 3.63) is 65.7 Å². The maximum Gasteiger partial charge on any atom is 0.260 e. The van der Waals surface area contributed by atoms with Gasteiger partial charge in [0.1, 0.15) is 5.75 Å². The number of benzene rings is 2. The largest absolute Gasteiger partial charge is 0.483 e. The first kappa shape index (κ1) is 18.2. The maximum atomic E-state index is 12.5. The van der Waals surface area contributed by atoms with Gasteiger partial charge in [0.25, 0.3) is 5.91 Å². The number of rotatable bonds is 6. The normalized spacial score (nSPS) is 14.9. The Morgan fingerprint density at radius 2 is 1.65 bits per heavy atom. The molecule has 1 fully saturated rings. The average molecular weight is 351 g/mol. The molecule has 0 spiro atoms. The van der Waals surface area contributed by atoms with Crippen LogP contribution >= 0.6 is 0 Å². The standard InChI is InChI=1S/C22H25NO3/c1-2-17-8-6-7-11-20(17)26-16-21(24)23-14-12-19(13-15-23)22(25)18-9-4-3-5-10-18/h3-11,19H,2,12-16H2,1H3. The van der Waals surface area contributed by atoms with Crippen molar-refractivity contribution in [2.75, 3.05) is 19.7 Å². The van der Waals surface area contributed by atoms with Gasteiger partial charge in [-0.1, -0.05) is 55.5 Å². The quantitative estimate of drug-likeness (QED) is 0.745. The van der Waals surface area contributed by atoms with Crippen LogP contribution in [0.4, 0.5) is 0 Å². The first-order valence-electron chi connectivity index (χ1n) is 9.26. The summed E-state index contributed by atoms with van der Waals surface area (Å²) in [4.78, 5) is 26.8. The van der Waals surface area contributed by atoms with Gasteiger partial charge in [-0.25, -0.2) is 0 Å². The molecule has 1 amide bonds. The number of piperidine rings is 1. The van der Waals surface area contributed by atoms with Crippen LogP contribution < -0.4 is 4.74 Å². The van der Waals surface area contributed by atoms with Gasteiger partial charge in [0.15, 0.2) is 12.4 Å². The van der Waals surface area contributed by atoms with Crippen LogP contribution in [0.3, 0.4) is 0 Å². The molecular formula is C22H25NO3. The van der Waals surface area contributed by atoms with Crippen molar-refractivity contribution in [3.8, 4) is 5.75 Å². The number of hydrogen-bond acceptors (Lipinski definition) is 3. The molecule has 0 atom stereocenters. The van der Waals surface area contributed by atoms with Crippen molar-refractivity contribution in [2.45, 2.75) is 26.2 Å². The summed E-state index contributed by atoms with van der Waals surface area (Å²) < 4.78 is 5.73. The minimum absolute atomic E-state index is 0.00295. The molecule has 4 heteroatoms. The van der Waals surface area contributed by atoms with Crippen LogP contribution in [0.15, 0.2) is 54.6 Å². The fourth-order valence-electron chi connectivity index (χ4n) is 3.40. The predicted molar refractivity (Wildman–Crippen MR) is 101 cm³/mol. The Morgan fingerprint density at radius 3 is 2.35 bits per heavy atom. The zero-order valence-electron chi connectivity index (χ0n) is 15.2. The average Bonchev–Trinajstić information content (AvgIpc) is 2.72. The Kier molecular flexibility index (Phi) is 6.05. The lowest BCUT2D eigenvalue weighted by molar-refractivity contribution is -0.134. The monoisotopic (exact) mass is 351 g/mol. The van der Waals surface area contributed by atoms with Gasteiger partial charge in [0.05, 0.1) is 0 Å². The van der Waals surface area contributed by atoms with Gasteiger partial charge >= 0.3 is 0 Å². The number of hydrogen-bond donors (Lipinski definition) is 0. The minimum atomic E-state index is -0.0125. The Bertz CT molecular complexity index is 749. The lowest BCUT2D eigenvalue weighted by Crippen LogP contribution is -2.42.